The van der Waals surface area contributed by atoms with Crippen LogP contribution in [0.5, 0.6) is 0 Å². The maximum Gasteiger partial charge on any atom is 0.238 e. The highest BCUT2D eigenvalue weighted by Gasteiger charge is 2.15. The average molecular weight is 366 g/mol. The number of nitrogens with one attached hydrogen (secondary N) is 1. The number of primary sulfonamides is 1. The first-order chi connectivity index (χ1) is 11.2. The standard InChI is InChI=1S/C16H18N2O4S2/c1-13(15-8-5-9-16(12-15)24(17,21)22)18-23(19,20)11-10-14-6-3-2-4-7-14/h2-13,18H,1H3,(H2,17,21,22)/b11-10+. The molecule has 2 aromatic rings. The molecule has 0 aromatic heterocycles. The Hall–Kier alpha value is -2.00. The zero-order valence-electron chi connectivity index (χ0n) is 13.0. The van der Waals surface area contributed by atoms with E-state index < -0.39 is 26.1 Å². The van der Waals surface area contributed by atoms with E-state index in [1.807, 2.05) is 6.07 Å². The molecule has 3 N–H and O–H groups in total. The monoisotopic (exact) mass is 366 g/mol. The van der Waals surface area contributed by atoms with Crippen molar-refractivity contribution in [2.45, 2.75) is 17.9 Å². The second-order valence-electron chi connectivity index (χ2n) is 5.22. The predicted octanol–water partition coefficient (Wildman–Crippen LogP) is 1.99. The summed E-state index contributed by atoms with van der Waals surface area (Å²) in [7, 11) is -7.53. The van der Waals surface area contributed by atoms with E-state index in [4.69, 9.17) is 5.14 Å². The fourth-order valence-corrected chi connectivity index (χ4v) is 3.66. The molecule has 0 amide bonds. The molecule has 2 rings (SSSR count). The van der Waals surface area contributed by atoms with Gasteiger partial charge in [-0.25, -0.2) is 26.7 Å². The molecule has 0 aliphatic carbocycles. The Kier molecular flexibility index (Phi) is 5.55. The summed E-state index contributed by atoms with van der Waals surface area (Å²) in [6.45, 7) is 1.62. The van der Waals surface area contributed by atoms with E-state index in [1.54, 1.807) is 37.3 Å². The van der Waals surface area contributed by atoms with Gasteiger partial charge in [-0.1, -0.05) is 42.5 Å². The Labute approximate surface area is 142 Å². The SMILES string of the molecule is CC(NS(=O)(=O)/C=C/c1ccccc1)c1cccc(S(N)(=O)=O)c1. The van der Waals surface area contributed by atoms with E-state index in [0.717, 1.165) is 11.0 Å². The molecule has 0 saturated heterocycles. The first-order valence-electron chi connectivity index (χ1n) is 7.06. The Morgan fingerprint density at radius 1 is 1.00 bits per heavy atom. The van der Waals surface area contributed by atoms with E-state index in [0.29, 0.717) is 5.56 Å². The van der Waals surface area contributed by atoms with E-state index >= 15 is 0 Å². The molecule has 1 unspecified atom stereocenters. The van der Waals surface area contributed by atoms with Crippen LogP contribution in [0, 0.1) is 0 Å². The van der Waals surface area contributed by atoms with Gasteiger partial charge >= 0.3 is 0 Å². The lowest BCUT2D eigenvalue weighted by Crippen LogP contribution is -2.25. The lowest BCUT2D eigenvalue weighted by molar-refractivity contribution is 0.576. The van der Waals surface area contributed by atoms with Crippen molar-refractivity contribution in [2.75, 3.05) is 0 Å². The van der Waals surface area contributed by atoms with Crippen molar-refractivity contribution in [1.82, 2.24) is 4.72 Å². The molecule has 128 valence electrons. The highest BCUT2D eigenvalue weighted by atomic mass is 32.2. The quantitative estimate of drug-likeness (QED) is 0.815. The first kappa shape index (κ1) is 18.3. The fraction of sp³-hybridized carbons (Fsp3) is 0.125. The van der Waals surface area contributed by atoms with Crippen molar-refractivity contribution < 1.29 is 16.8 Å². The van der Waals surface area contributed by atoms with Crippen LogP contribution < -0.4 is 9.86 Å². The van der Waals surface area contributed by atoms with Crippen LogP contribution in [0.1, 0.15) is 24.1 Å². The fourth-order valence-electron chi connectivity index (χ4n) is 2.05. The van der Waals surface area contributed by atoms with Crippen molar-refractivity contribution in [1.29, 1.82) is 0 Å². The van der Waals surface area contributed by atoms with Gasteiger partial charge in [-0.3, -0.25) is 0 Å². The van der Waals surface area contributed by atoms with Gasteiger partial charge in [0.15, 0.2) is 0 Å². The van der Waals surface area contributed by atoms with Crippen LogP contribution in [-0.2, 0) is 20.0 Å². The Morgan fingerprint density at radius 2 is 1.67 bits per heavy atom. The molecule has 0 fully saturated rings. The number of sulfonamides is 2. The maximum absolute atomic E-state index is 12.1. The lowest BCUT2D eigenvalue weighted by atomic mass is 10.1. The smallest absolute Gasteiger partial charge is 0.225 e. The topological polar surface area (TPSA) is 106 Å². The second-order valence-corrected chi connectivity index (χ2v) is 8.37. The van der Waals surface area contributed by atoms with Crippen molar-refractivity contribution in [3.63, 3.8) is 0 Å². The summed E-state index contributed by atoms with van der Waals surface area (Å²) in [5.41, 5.74) is 1.25. The van der Waals surface area contributed by atoms with Gasteiger partial charge in [0.2, 0.25) is 20.0 Å². The Balaban J connectivity index is 2.16. The summed E-state index contributed by atoms with van der Waals surface area (Å²) in [5.74, 6) is 0. The Morgan fingerprint density at radius 3 is 2.29 bits per heavy atom. The minimum atomic E-state index is -3.84. The molecule has 0 radical (unpaired) electrons. The summed E-state index contributed by atoms with van der Waals surface area (Å²) in [4.78, 5) is -0.0640. The molecule has 2 aromatic carbocycles. The van der Waals surface area contributed by atoms with Gasteiger partial charge in [0, 0.05) is 11.4 Å². The first-order valence-corrected chi connectivity index (χ1v) is 10.1. The van der Waals surface area contributed by atoms with Crippen LogP contribution >= 0.6 is 0 Å². The normalized spacial score (nSPS) is 13.9. The average Bonchev–Trinajstić information content (AvgIpc) is 2.53. The molecule has 0 aliphatic rings. The van der Waals surface area contributed by atoms with Gasteiger partial charge in [-0.15, -0.1) is 0 Å². The third-order valence-corrected chi connectivity index (χ3v) is 5.35. The third-order valence-electron chi connectivity index (χ3n) is 3.27. The minimum Gasteiger partial charge on any atom is -0.225 e. The van der Waals surface area contributed by atoms with E-state index in [9.17, 15) is 16.8 Å². The van der Waals surface area contributed by atoms with Crippen molar-refractivity contribution in [3.8, 4) is 0 Å². The summed E-state index contributed by atoms with van der Waals surface area (Å²) in [5, 5.41) is 6.16. The van der Waals surface area contributed by atoms with E-state index in [2.05, 4.69) is 4.72 Å². The van der Waals surface area contributed by atoms with Crippen molar-refractivity contribution in [2.24, 2.45) is 5.14 Å². The van der Waals surface area contributed by atoms with Crippen LogP contribution in [0.2, 0.25) is 0 Å². The van der Waals surface area contributed by atoms with Gasteiger partial charge in [-0.05, 0) is 36.3 Å². The van der Waals surface area contributed by atoms with Crippen LogP contribution in [0.3, 0.4) is 0 Å². The maximum atomic E-state index is 12.1. The van der Waals surface area contributed by atoms with Crippen LogP contribution in [0.4, 0.5) is 0 Å². The van der Waals surface area contributed by atoms with Gasteiger partial charge in [0.25, 0.3) is 0 Å². The molecule has 8 heteroatoms. The third kappa shape index (κ3) is 5.27. The van der Waals surface area contributed by atoms with Gasteiger partial charge in [0.1, 0.15) is 0 Å². The number of benzene rings is 2. The lowest BCUT2D eigenvalue weighted by Gasteiger charge is -2.13. The highest BCUT2D eigenvalue weighted by Crippen LogP contribution is 2.18. The molecule has 0 saturated carbocycles. The van der Waals surface area contributed by atoms with Gasteiger partial charge < -0.3 is 0 Å². The molecular formula is C16H18N2O4S2. The number of hydrogen-bond acceptors (Lipinski definition) is 4. The number of rotatable bonds is 6. The molecule has 6 nitrogen and oxygen atoms in total. The zero-order valence-corrected chi connectivity index (χ0v) is 14.6. The molecule has 0 spiro atoms. The summed E-state index contributed by atoms with van der Waals surface area (Å²) in [6, 6.07) is 14.3. The predicted molar refractivity (Wildman–Crippen MR) is 93.8 cm³/mol. The second kappa shape index (κ2) is 7.27. The molecule has 1 atom stereocenters. The van der Waals surface area contributed by atoms with Crippen LogP contribution in [0.15, 0.2) is 64.9 Å². The molecule has 0 heterocycles. The summed E-state index contributed by atoms with van der Waals surface area (Å²) < 4.78 is 49.5. The Bertz CT molecular complexity index is 937. The number of nitrogens with two attached hydrogens (primary N) is 1. The largest absolute Gasteiger partial charge is 0.238 e. The van der Waals surface area contributed by atoms with E-state index in [1.165, 1.54) is 24.3 Å². The van der Waals surface area contributed by atoms with Gasteiger partial charge in [0.05, 0.1) is 4.90 Å². The molecule has 0 aliphatic heterocycles. The summed E-state index contributed by atoms with van der Waals surface area (Å²) in [6.07, 6.45) is 1.48. The molecular weight excluding hydrogens is 348 g/mol. The van der Waals surface area contributed by atoms with Crippen LogP contribution in [0.25, 0.3) is 6.08 Å². The van der Waals surface area contributed by atoms with Crippen LogP contribution in [-0.4, -0.2) is 16.8 Å². The minimum absolute atomic E-state index is 0.0640. The van der Waals surface area contributed by atoms with Crippen molar-refractivity contribution in [3.05, 3.63) is 71.1 Å². The van der Waals surface area contributed by atoms with E-state index in [-0.39, 0.29) is 4.90 Å². The zero-order chi connectivity index (χ0) is 17.8. The molecule has 0 bridgehead atoms. The highest BCUT2D eigenvalue weighted by molar-refractivity contribution is 7.92. The van der Waals surface area contributed by atoms with Gasteiger partial charge in [-0.2, -0.15) is 0 Å². The molecule has 24 heavy (non-hydrogen) atoms. The van der Waals surface area contributed by atoms with Crippen molar-refractivity contribution >= 4 is 26.1 Å². The number of hydrogen-bond donors (Lipinski definition) is 2. The summed E-state index contributed by atoms with van der Waals surface area (Å²) >= 11 is 0.